The van der Waals surface area contributed by atoms with E-state index in [-0.39, 0.29) is 67.5 Å². The molecule has 15 heteroatoms. The van der Waals surface area contributed by atoms with E-state index in [9.17, 15) is 34.2 Å². The van der Waals surface area contributed by atoms with Crippen molar-refractivity contribution in [2.75, 3.05) is 41.1 Å². The summed E-state index contributed by atoms with van der Waals surface area (Å²) in [6.07, 6.45) is 16.1. The summed E-state index contributed by atoms with van der Waals surface area (Å²) in [5, 5.41) is 32.7. The lowest BCUT2D eigenvalue weighted by atomic mass is 9.78. The van der Waals surface area contributed by atoms with Crippen molar-refractivity contribution in [3.63, 3.8) is 0 Å². The molecule has 0 spiro atoms. The first-order chi connectivity index (χ1) is 34.3. The summed E-state index contributed by atoms with van der Waals surface area (Å²) in [5.74, 6) is -7.85. The number of hydrogen-bond donors (Lipinski definition) is 3. The Kier molecular flexibility index (Phi) is 25.7. The van der Waals surface area contributed by atoms with E-state index in [1.54, 1.807) is 41.1 Å². The first kappa shape index (κ1) is 61.1. The van der Waals surface area contributed by atoms with Crippen LogP contribution in [0.15, 0.2) is 47.6 Å². The van der Waals surface area contributed by atoms with Gasteiger partial charge in [0.15, 0.2) is 5.78 Å². The molecule has 1 saturated carbocycles. The van der Waals surface area contributed by atoms with Crippen LogP contribution in [0.1, 0.15) is 151 Å². The number of allylic oxidation sites excluding steroid dienone is 6. The molecule has 4 rings (SSSR count). The van der Waals surface area contributed by atoms with E-state index in [0.29, 0.717) is 63.5 Å². The summed E-state index contributed by atoms with van der Waals surface area (Å²) in [6.45, 7) is 13.7. The Morgan fingerprint density at radius 1 is 0.819 bits per heavy atom. The molecule has 15 nitrogen and oxygen atoms in total. The summed E-state index contributed by atoms with van der Waals surface area (Å²) in [5.41, 5.74) is 1.28. The minimum atomic E-state index is -2.43. The second-order valence-corrected chi connectivity index (χ2v) is 21.6. The molecular weight excluding hydrogens is 923 g/mol. The molecular formula is C57H91NO14. The van der Waals surface area contributed by atoms with Gasteiger partial charge in [0.05, 0.1) is 24.4 Å². The van der Waals surface area contributed by atoms with Crippen LogP contribution in [0.25, 0.3) is 0 Å². The number of carbonyl (C=O) groups excluding carboxylic acids is 5. The fraction of sp³-hybridized carbons (Fsp3) is 0.772. The molecule has 2 bridgehead atoms. The Morgan fingerprint density at radius 2 is 1.56 bits per heavy atom. The summed E-state index contributed by atoms with van der Waals surface area (Å²) in [7, 11) is 4.65. The number of cyclic esters (lactones) is 1. The zero-order valence-electron chi connectivity index (χ0n) is 45.3. The minimum Gasteiger partial charge on any atom is -0.460 e. The highest BCUT2D eigenvalue weighted by Crippen LogP contribution is 2.38. The highest BCUT2D eigenvalue weighted by molar-refractivity contribution is 6.39. The molecule has 2 unspecified atom stereocenters. The smallest absolute Gasteiger partial charge is 0.329 e. The molecule has 3 N–H and O–H groups in total. The van der Waals surface area contributed by atoms with Gasteiger partial charge in [0.25, 0.3) is 11.7 Å². The molecule has 15 atom stereocenters. The van der Waals surface area contributed by atoms with Gasteiger partial charge in [-0.25, -0.2) is 4.79 Å². The number of carbonyl (C=O) groups is 5. The van der Waals surface area contributed by atoms with Crippen molar-refractivity contribution >= 4 is 29.2 Å². The monoisotopic (exact) mass is 1010 g/mol. The van der Waals surface area contributed by atoms with Crippen molar-refractivity contribution in [1.82, 2.24) is 4.90 Å². The number of aliphatic hydroxyl groups excluding tert-OH is 2. The molecule has 2 saturated heterocycles. The van der Waals surface area contributed by atoms with Crippen LogP contribution in [0.5, 0.6) is 0 Å². The number of ether oxygens (including phenoxy) is 6. The topological polar surface area (TPSA) is 205 Å². The third kappa shape index (κ3) is 17.3. The molecule has 0 aromatic carbocycles. The predicted molar refractivity (Wildman–Crippen MR) is 274 cm³/mol. The van der Waals surface area contributed by atoms with E-state index in [0.717, 1.165) is 44.1 Å². The molecule has 0 radical (unpaired) electrons. The van der Waals surface area contributed by atoms with Gasteiger partial charge in [-0.2, -0.15) is 0 Å². The molecule has 3 aliphatic heterocycles. The van der Waals surface area contributed by atoms with E-state index in [1.165, 1.54) is 12.0 Å². The zero-order valence-corrected chi connectivity index (χ0v) is 45.3. The molecule has 72 heavy (non-hydrogen) atoms. The molecule has 0 aromatic heterocycles. The summed E-state index contributed by atoms with van der Waals surface area (Å²) < 4.78 is 36.2. The van der Waals surface area contributed by atoms with Gasteiger partial charge in [0.2, 0.25) is 5.79 Å². The maximum Gasteiger partial charge on any atom is 0.329 e. The number of Topliss-reactive ketones (excluding diaryl/α,β-unsaturated/α-hetero) is 3. The maximum absolute atomic E-state index is 14.5. The van der Waals surface area contributed by atoms with Gasteiger partial charge in [0, 0.05) is 71.7 Å². The number of unbranched alkanes of at least 4 members (excludes halogenated alkanes) is 3. The molecule has 1 amide bonds. The molecule has 1 aliphatic carbocycles. The number of ketones is 3. The lowest BCUT2D eigenvalue weighted by Gasteiger charge is -2.42. The van der Waals surface area contributed by atoms with Crippen molar-refractivity contribution in [2.45, 2.75) is 206 Å². The van der Waals surface area contributed by atoms with Crippen molar-refractivity contribution in [1.29, 1.82) is 0 Å². The number of nitrogens with zero attached hydrogens (tertiary/aromatic N) is 1. The number of aliphatic hydroxyl groups is 3. The van der Waals surface area contributed by atoms with Crippen LogP contribution in [0.3, 0.4) is 0 Å². The Morgan fingerprint density at radius 3 is 2.25 bits per heavy atom. The molecule has 4 aliphatic rings. The van der Waals surface area contributed by atoms with Crippen LogP contribution in [0.4, 0.5) is 0 Å². The van der Waals surface area contributed by atoms with Crippen molar-refractivity contribution in [3.8, 4) is 0 Å². The first-order valence-electron chi connectivity index (χ1n) is 27.0. The van der Waals surface area contributed by atoms with Crippen LogP contribution in [0.2, 0.25) is 0 Å². The van der Waals surface area contributed by atoms with Crippen LogP contribution < -0.4 is 0 Å². The average molecular weight is 1010 g/mol. The number of hydrogen-bond acceptors (Lipinski definition) is 14. The Bertz CT molecular complexity index is 1880. The Balaban J connectivity index is 1.66. The molecule has 0 aromatic rings. The number of amides is 1. The zero-order chi connectivity index (χ0) is 53.1. The standard InChI is InChI=1S/C57H91NO14/c1-36-20-14-13-15-21-37(2)48(67-8)34-44-25-23-42(7)57(66,72-44)54(63)55(64)58-27-17-16-22-45(58)56(65)71-49(35-46(60)38(3)31-41(6)52(62)53(69-10)51(61)40(5)30-36)39(4)32-43-24-26-47(50(33-43)68-9)70-29-19-12-11-18-28-59/h13-15,20-21,31,36,38-40,42-45,47-50,52-53,59,62,66H,11-12,16-19,22-30,32-35H2,1-10H3/b15-13+,20-14+,37-21+,41-31+/t36-,38-,39-,40-,42-,43+,44?,45?,47-,48+,49+,50-,52-,53+,57-/m1/s1. The number of esters is 1. The van der Waals surface area contributed by atoms with E-state index in [2.05, 4.69) is 0 Å². The highest BCUT2D eigenvalue weighted by atomic mass is 16.6. The van der Waals surface area contributed by atoms with Gasteiger partial charge in [-0.3, -0.25) is 19.2 Å². The van der Waals surface area contributed by atoms with E-state index in [1.807, 2.05) is 58.1 Å². The molecule has 3 fully saturated rings. The van der Waals surface area contributed by atoms with Gasteiger partial charge in [-0.1, -0.05) is 83.9 Å². The summed E-state index contributed by atoms with van der Waals surface area (Å²) in [4.78, 5) is 72.5. The number of piperidine rings is 1. The summed E-state index contributed by atoms with van der Waals surface area (Å²) in [6, 6.07) is -1.14. The van der Waals surface area contributed by atoms with Gasteiger partial charge >= 0.3 is 5.97 Å². The lowest BCUT2D eigenvalue weighted by Crippen LogP contribution is -2.61. The lowest BCUT2D eigenvalue weighted by molar-refractivity contribution is -0.265. The normalized spacial score (nSPS) is 37.7. The predicted octanol–water partition coefficient (Wildman–Crippen LogP) is 7.76. The Hall–Kier alpha value is -3.41. The van der Waals surface area contributed by atoms with Gasteiger partial charge in [-0.05, 0) is 120 Å². The van der Waals surface area contributed by atoms with Gasteiger partial charge < -0.3 is 48.6 Å². The quantitative estimate of drug-likeness (QED) is 0.0699. The van der Waals surface area contributed by atoms with Crippen LogP contribution in [-0.2, 0) is 52.4 Å². The van der Waals surface area contributed by atoms with Gasteiger partial charge in [-0.15, -0.1) is 0 Å². The summed E-state index contributed by atoms with van der Waals surface area (Å²) >= 11 is 0. The van der Waals surface area contributed by atoms with Crippen LogP contribution in [0, 0.1) is 35.5 Å². The number of rotatable bonds is 13. The highest BCUT2D eigenvalue weighted by Gasteiger charge is 2.53. The molecule has 3 heterocycles. The number of fused-ring (bicyclic) bond motifs is 3. The third-order valence-corrected chi connectivity index (χ3v) is 15.8. The SMILES string of the molecule is CO[C@H]1CC2CC[C@@H](C)[C@@](O)(O2)C(=O)C(=O)N2CCCCC2C(=O)O[C@H]([C@H](C)C[C@@H]2CC[C@@H](OCCCCCCO)[C@H](OC)C2)CC(=O)[C@H](C)/C=C(\C)[C@@H](O)[C@@H](OC)C(=O)[C@H](C)C[C@H](C)/C=C/C=C/C=C/1C. The third-order valence-electron chi connectivity index (χ3n) is 15.8. The van der Waals surface area contributed by atoms with E-state index in [4.69, 9.17) is 33.5 Å². The average Bonchev–Trinajstić information content (AvgIpc) is 3.36. The Labute approximate surface area is 430 Å². The van der Waals surface area contributed by atoms with Crippen molar-refractivity contribution in [3.05, 3.63) is 47.6 Å². The first-order valence-corrected chi connectivity index (χ1v) is 27.0. The molecule has 408 valence electrons. The largest absolute Gasteiger partial charge is 0.460 e. The van der Waals surface area contributed by atoms with E-state index < -0.39 is 77.8 Å². The fourth-order valence-corrected chi connectivity index (χ4v) is 11.1. The van der Waals surface area contributed by atoms with E-state index >= 15 is 0 Å². The van der Waals surface area contributed by atoms with Crippen molar-refractivity contribution in [2.24, 2.45) is 35.5 Å². The minimum absolute atomic E-state index is 0.0173. The second-order valence-electron chi connectivity index (χ2n) is 21.6. The fourth-order valence-electron chi connectivity index (χ4n) is 11.1. The van der Waals surface area contributed by atoms with Crippen LogP contribution >= 0.6 is 0 Å². The van der Waals surface area contributed by atoms with Crippen LogP contribution in [-0.4, -0.2) is 145 Å². The van der Waals surface area contributed by atoms with Gasteiger partial charge in [0.1, 0.15) is 30.1 Å². The second kappa shape index (κ2) is 30.2. The number of methoxy groups -OCH3 is 3. The maximum atomic E-state index is 14.5. The van der Waals surface area contributed by atoms with Crippen molar-refractivity contribution < 1.29 is 67.7 Å².